The third-order valence-corrected chi connectivity index (χ3v) is 6.25. The molecular weight excluding hydrogens is 484 g/mol. The molecule has 1 aliphatic carbocycles. The van der Waals surface area contributed by atoms with E-state index in [0.29, 0.717) is 24.1 Å². The maximum absolute atomic E-state index is 14.1. The zero-order valence-electron chi connectivity index (χ0n) is 23.0. The summed E-state index contributed by atoms with van der Waals surface area (Å²) in [4.78, 5) is 54.0. The molecule has 4 N–H and O–H groups in total. The van der Waals surface area contributed by atoms with E-state index in [1.54, 1.807) is 26.8 Å². The first-order valence-electron chi connectivity index (χ1n) is 12.8. The van der Waals surface area contributed by atoms with E-state index in [9.17, 15) is 19.2 Å². The Morgan fingerprint density at radius 1 is 1.03 bits per heavy atom. The molecule has 1 aliphatic rings. The molecule has 0 saturated heterocycles. The molecular formula is C29H38N4O5. The fraction of sp³-hybridized carbons (Fsp3) is 0.448. The number of primary amides is 1. The van der Waals surface area contributed by atoms with Crippen molar-refractivity contribution in [3.05, 3.63) is 64.7 Å². The van der Waals surface area contributed by atoms with Gasteiger partial charge in [0.15, 0.2) is 0 Å². The van der Waals surface area contributed by atoms with Gasteiger partial charge in [0.25, 0.3) is 5.91 Å². The molecule has 2 aromatic carbocycles. The van der Waals surface area contributed by atoms with Gasteiger partial charge in [0.05, 0.1) is 6.42 Å². The summed E-state index contributed by atoms with van der Waals surface area (Å²) < 4.78 is 5.32. The normalized spacial score (nSPS) is 14.7. The fourth-order valence-electron chi connectivity index (χ4n) is 4.29. The first kappa shape index (κ1) is 28.7. The number of nitrogens with zero attached hydrogens (tertiary/aromatic N) is 1. The quantitative estimate of drug-likeness (QED) is 0.457. The number of carbonyl (C=O) groups excluding carboxylic acids is 4. The number of carbonyl (C=O) groups is 4. The van der Waals surface area contributed by atoms with Gasteiger partial charge in [-0.15, -0.1) is 0 Å². The van der Waals surface area contributed by atoms with Crippen LogP contribution in [-0.4, -0.2) is 46.4 Å². The minimum Gasteiger partial charge on any atom is -0.444 e. The van der Waals surface area contributed by atoms with Crippen molar-refractivity contribution in [2.24, 2.45) is 5.73 Å². The van der Waals surface area contributed by atoms with Crippen molar-refractivity contribution in [3.8, 4) is 0 Å². The highest BCUT2D eigenvalue weighted by Crippen LogP contribution is 2.37. The molecule has 2 atom stereocenters. The summed E-state index contributed by atoms with van der Waals surface area (Å²) in [6.45, 7) is 10.8. The summed E-state index contributed by atoms with van der Waals surface area (Å²) in [7, 11) is 0. The van der Waals surface area contributed by atoms with Gasteiger partial charge in [-0.3, -0.25) is 14.4 Å². The van der Waals surface area contributed by atoms with Crippen LogP contribution in [0.15, 0.2) is 42.5 Å². The van der Waals surface area contributed by atoms with Crippen LogP contribution < -0.4 is 16.4 Å². The van der Waals surface area contributed by atoms with E-state index in [-0.39, 0.29) is 11.9 Å². The van der Waals surface area contributed by atoms with Crippen molar-refractivity contribution in [2.45, 2.75) is 84.5 Å². The number of hydrogen-bond acceptors (Lipinski definition) is 5. The second-order valence-corrected chi connectivity index (χ2v) is 10.9. The van der Waals surface area contributed by atoms with Gasteiger partial charge in [-0.05, 0) is 77.1 Å². The van der Waals surface area contributed by atoms with Crippen LogP contribution in [0.4, 0.5) is 10.5 Å². The van der Waals surface area contributed by atoms with Crippen LogP contribution >= 0.6 is 0 Å². The van der Waals surface area contributed by atoms with Crippen molar-refractivity contribution in [2.75, 3.05) is 5.32 Å². The van der Waals surface area contributed by atoms with Crippen LogP contribution in [0.5, 0.6) is 0 Å². The van der Waals surface area contributed by atoms with E-state index in [4.69, 9.17) is 10.5 Å². The summed E-state index contributed by atoms with van der Waals surface area (Å²) in [5, 5.41) is 5.50. The molecule has 1 fully saturated rings. The number of para-hydroxylation sites is 1. The maximum atomic E-state index is 14.1. The van der Waals surface area contributed by atoms with Crippen LogP contribution in [0, 0.1) is 20.8 Å². The largest absolute Gasteiger partial charge is 0.444 e. The Hall–Kier alpha value is -3.88. The van der Waals surface area contributed by atoms with Crippen molar-refractivity contribution >= 4 is 29.5 Å². The lowest BCUT2D eigenvalue weighted by atomic mass is 9.95. The van der Waals surface area contributed by atoms with Gasteiger partial charge >= 0.3 is 6.09 Å². The predicted octanol–water partition coefficient (Wildman–Crippen LogP) is 4.05. The lowest BCUT2D eigenvalue weighted by Crippen LogP contribution is -2.54. The zero-order valence-corrected chi connectivity index (χ0v) is 23.0. The van der Waals surface area contributed by atoms with Gasteiger partial charge < -0.3 is 26.0 Å². The van der Waals surface area contributed by atoms with Gasteiger partial charge in [-0.2, -0.15) is 0 Å². The number of nitrogens with two attached hydrogens (primary N) is 1. The third kappa shape index (κ3) is 7.57. The third-order valence-electron chi connectivity index (χ3n) is 6.25. The lowest BCUT2D eigenvalue weighted by molar-refractivity contribution is -0.142. The zero-order chi connectivity index (χ0) is 28.2. The van der Waals surface area contributed by atoms with Gasteiger partial charge in [0, 0.05) is 11.7 Å². The smallest absolute Gasteiger partial charge is 0.408 e. The van der Waals surface area contributed by atoms with Crippen LogP contribution in [0.25, 0.3) is 0 Å². The Morgan fingerprint density at radius 2 is 1.68 bits per heavy atom. The van der Waals surface area contributed by atoms with E-state index in [1.807, 2.05) is 57.2 Å². The molecule has 9 nitrogen and oxygen atoms in total. The van der Waals surface area contributed by atoms with Gasteiger partial charge in [-0.1, -0.05) is 42.0 Å². The molecule has 0 heterocycles. The number of nitrogens with one attached hydrogen (secondary N) is 2. The number of ether oxygens (including phenoxy) is 1. The standard InChI is InChI=1S/C29H38N4O5/c1-17-11-12-18(2)21(15-17)25(26(35)31-22-10-8-7-9-19(22)3)33(20-13-14-20)27(36)23(16-24(30)34)32-28(37)38-29(4,5)6/h7-12,15,20,23,25H,13-14,16H2,1-6H3,(H2,30,34)(H,31,35)(H,32,37). The summed E-state index contributed by atoms with van der Waals surface area (Å²) in [5.41, 5.74) is 8.60. The number of amides is 4. The Labute approximate surface area is 224 Å². The maximum Gasteiger partial charge on any atom is 0.408 e. The van der Waals surface area contributed by atoms with Crippen LogP contribution in [0.1, 0.15) is 68.3 Å². The molecule has 38 heavy (non-hydrogen) atoms. The summed E-state index contributed by atoms with van der Waals surface area (Å²) >= 11 is 0. The Kier molecular flexibility index (Phi) is 8.81. The summed E-state index contributed by atoms with van der Waals surface area (Å²) in [5.74, 6) is -1.71. The highest BCUT2D eigenvalue weighted by atomic mass is 16.6. The molecule has 0 aromatic heterocycles. The van der Waals surface area contributed by atoms with E-state index >= 15 is 0 Å². The highest BCUT2D eigenvalue weighted by molar-refractivity contribution is 6.00. The molecule has 3 rings (SSSR count). The topological polar surface area (TPSA) is 131 Å². The number of hydrogen-bond donors (Lipinski definition) is 3. The molecule has 2 unspecified atom stereocenters. The number of benzene rings is 2. The molecule has 9 heteroatoms. The molecule has 1 saturated carbocycles. The average molecular weight is 523 g/mol. The van der Waals surface area contributed by atoms with E-state index < -0.39 is 42.0 Å². The second kappa shape index (κ2) is 11.7. The van der Waals surface area contributed by atoms with Crippen molar-refractivity contribution in [3.63, 3.8) is 0 Å². The van der Waals surface area contributed by atoms with Gasteiger partial charge in [-0.25, -0.2) is 4.79 Å². The second-order valence-electron chi connectivity index (χ2n) is 10.9. The Bertz CT molecular complexity index is 1220. The molecule has 0 radical (unpaired) electrons. The molecule has 0 bridgehead atoms. The predicted molar refractivity (Wildman–Crippen MR) is 145 cm³/mol. The highest BCUT2D eigenvalue weighted by Gasteiger charge is 2.45. The lowest BCUT2D eigenvalue weighted by Gasteiger charge is -2.35. The van der Waals surface area contributed by atoms with Gasteiger partial charge in [0.2, 0.25) is 11.8 Å². The molecule has 204 valence electrons. The summed E-state index contributed by atoms with van der Waals surface area (Å²) in [6, 6.07) is 10.6. The monoisotopic (exact) mass is 522 g/mol. The average Bonchev–Trinajstić information content (AvgIpc) is 3.63. The van der Waals surface area contributed by atoms with Crippen molar-refractivity contribution in [1.82, 2.24) is 10.2 Å². The molecule has 2 aromatic rings. The van der Waals surface area contributed by atoms with Crippen LogP contribution in [0.2, 0.25) is 0 Å². The number of rotatable bonds is 9. The first-order chi connectivity index (χ1) is 17.8. The Balaban J connectivity index is 2.05. The van der Waals surface area contributed by atoms with Crippen molar-refractivity contribution < 1.29 is 23.9 Å². The summed E-state index contributed by atoms with van der Waals surface area (Å²) in [6.07, 6.45) is 0.113. The van der Waals surface area contributed by atoms with E-state index in [2.05, 4.69) is 10.6 Å². The Morgan fingerprint density at radius 3 is 2.26 bits per heavy atom. The minimum absolute atomic E-state index is 0.231. The molecule has 0 aliphatic heterocycles. The minimum atomic E-state index is -1.29. The SMILES string of the molecule is Cc1ccc(C)c(C(C(=O)Nc2ccccc2C)N(C(=O)C(CC(N)=O)NC(=O)OC(C)(C)C)C2CC2)c1. The molecule has 4 amide bonds. The fourth-order valence-corrected chi connectivity index (χ4v) is 4.29. The number of aryl methyl sites for hydroxylation is 3. The van der Waals surface area contributed by atoms with Crippen molar-refractivity contribution in [1.29, 1.82) is 0 Å². The van der Waals surface area contributed by atoms with Crippen LogP contribution in [-0.2, 0) is 19.1 Å². The molecule has 0 spiro atoms. The van der Waals surface area contributed by atoms with Gasteiger partial charge in [0.1, 0.15) is 17.7 Å². The number of anilines is 1. The first-order valence-corrected chi connectivity index (χ1v) is 12.8. The van der Waals surface area contributed by atoms with E-state index in [0.717, 1.165) is 16.7 Å². The van der Waals surface area contributed by atoms with Crippen LogP contribution in [0.3, 0.4) is 0 Å². The van der Waals surface area contributed by atoms with E-state index in [1.165, 1.54) is 4.90 Å². The number of alkyl carbamates (subject to hydrolysis) is 1.